The van der Waals surface area contributed by atoms with Crippen molar-refractivity contribution in [2.24, 2.45) is 0 Å². The van der Waals surface area contributed by atoms with Crippen LogP contribution in [-0.4, -0.2) is 86.1 Å². The number of carbonyl (C=O) groups is 1. The Morgan fingerprint density at radius 3 is 2.71 bits per heavy atom. The van der Waals surface area contributed by atoms with E-state index in [0.29, 0.717) is 13.2 Å². The van der Waals surface area contributed by atoms with Gasteiger partial charge in [0.15, 0.2) is 0 Å². The number of benzene rings is 2. The Morgan fingerprint density at radius 2 is 1.94 bits per heavy atom. The molecule has 0 radical (unpaired) electrons. The van der Waals surface area contributed by atoms with Crippen LogP contribution in [0.1, 0.15) is 17.7 Å². The summed E-state index contributed by atoms with van der Waals surface area (Å²) >= 11 is 0. The number of hydrogen-bond acceptors (Lipinski definition) is 5. The molecule has 3 heterocycles. The fourth-order valence-electron chi connectivity index (χ4n) is 5.60. The lowest BCUT2D eigenvalue weighted by atomic mass is 9.83. The second-order valence-electron chi connectivity index (χ2n) is 9.64. The lowest BCUT2D eigenvalue weighted by Gasteiger charge is -2.45. The zero-order chi connectivity index (χ0) is 23.7. The molecule has 1 spiro atoms. The van der Waals surface area contributed by atoms with E-state index in [1.165, 1.54) is 16.6 Å². The average molecular weight is 463 g/mol. The van der Waals surface area contributed by atoms with E-state index in [-0.39, 0.29) is 11.4 Å². The predicted molar refractivity (Wildman–Crippen MR) is 133 cm³/mol. The van der Waals surface area contributed by atoms with Crippen LogP contribution >= 0.6 is 0 Å². The molecule has 5 rings (SSSR count). The summed E-state index contributed by atoms with van der Waals surface area (Å²) in [7, 11) is 5.61. The second kappa shape index (κ2) is 9.31. The Labute approximate surface area is 201 Å². The highest BCUT2D eigenvalue weighted by Crippen LogP contribution is 2.45. The van der Waals surface area contributed by atoms with Crippen molar-refractivity contribution >= 4 is 16.8 Å². The van der Waals surface area contributed by atoms with E-state index < -0.39 is 0 Å². The molecule has 0 saturated carbocycles. The summed E-state index contributed by atoms with van der Waals surface area (Å²) in [6, 6.07) is 16.1. The van der Waals surface area contributed by atoms with Gasteiger partial charge in [-0.1, -0.05) is 18.2 Å². The van der Waals surface area contributed by atoms with Crippen molar-refractivity contribution in [1.82, 2.24) is 19.7 Å². The van der Waals surface area contributed by atoms with Crippen molar-refractivity contribution in [2.45, 2.75) is 18.4 Å². The zero-order valence-corrected chi connectivity index (χ0v) is 20.3. The average Bonchev–Trinajstić information content (AvgIpc) is 3.42. The first kappa shape index (κ1) is 22.7. The van der Waals surface area contributed by atoms with Crippen LogP contribution in [0.3, 0.4) is 0 Å². The van der Waals surface area contributed by atoms with Crippen molar-refractivity contribution in [3.63, 3.8) is 0 Å². The number of H-pyrrole nitrogens is 1. The van der Waals surface area contributed by atoms with E-state index in [4.69, 9.17) is 9.47 Å². The van der Waals surface area contributed by atoms with Gasteiger partial charge in [0.05, 0.1) is 19.2 Å². The van der Waals surface area contributed by atoms with Gasteiger partial charge >= 0.3 is 0 Å². The van der Waals surface area contributed by atoms with E-state index in [2.05, 4.69) is 26.9 Å². The minimum atomic E-state index is -0.348. The van der Waals surface area contributed by atoms with Crippen molar-refractivity contribution < 1.29 is 14.3 Å². The molecule has 180 valence electrons. The molecule has 0 bridgehead atoms. The van der Waals surface area contributed by atoms with Gasteiger partial charge in [-0.3, -0.25) is 9.69 Å². The number of amides is 1. The third-order valence-electron chi connectivity index (χ3n) is 7.18. The Bertz CT molecular complexity index is 1160. The van der Waals surface area contributed by atoms with E-state index in [0.717, 1.165) is 56.0 Å². The van der Waals surface area contributed by atoms with Crippen LogP contribution in [-0.2, 0) is 16.8 Å². The van der Waals surface area contributed by atoms with Gasteiger partial charge in [-0.25, -0.2) is 0 Å². The number of likely N-dealkylation sites (N-methyl/N-ethyl adjacent to an activating group) is 1. The molecule has 2 aromatic carbocycles. The maximum absolute atomic E-state index is 13.4. The molecule has 1 N–H and O–H groups in total. The fraction of sp³-hybridized carbons (Fsp3) is 0.444. The molecule has 1 fully saturated rings. The van der Waals surface area contributed by atoms with Gasteiger partial charge in [0.1, 0.15) is 18.1 Å². The van der Waals surface area contributed by atoms with Gasteiger partial charge in [0.25, 0.3) is 0 Å². The topological polar surface area (TPSA) is 61.0 Å². The molecule has 1 atom stereocenters. The number of methoxy groups -OCH3 is 1. The molecule has 1 aromatic heterocycles. The Kier molecular flexibility index (Phi) is 6.23. The van der Waals surface area contributed by atoms with Crippen LogP contribution in [0.4, 0.5) is 0 Å². The van der Waals surface area contributed by atoms with Crippen molar-refractivity contribution in [3.05, 3.63) is 59.8 Å². The number of nitrogens with one attached hydrogen (secondary N) is 1. The molecule has 7 nitrogen and oxygen atoms in total. The van der Waals surface area contributed by atoms with E-state index in [1.807, 2.05) is 55.4 Å². The molecule has 2 aliphatic heterocycles. The Hall–Kier alpha value is -3.03. The number of likely N-dealkylation sites (tertiary alicyclic amines) is 1. The minimum absolute atomic E-state index is 0.189. The molecule has 3 aromatic rings. The van der Waals surface area contributed by atoms with Crippen LogP contribution < -0.4 is 9.47 Å². The summed E-state index contributed by atoms with van der Waals surface area (Å²) < 4.78 is 11.5. The van der Waals surface area contributed by atoms with Crippen LogP contribution in [0.15, 0.2) is 48.5 Å². The maximum atomic E-state index is 13.4. The van der Waals surface area contributed by atoms with Crippen LogP contribution in [0, 0.1) is 0 Å². The minimum Gasteiger partial charge on any atom is -0.497 e. The molecule has 2 aliphatic rings. The standard InChI is InChI=1S/C27H34N4O3/c1-29(2)18-25(32)31-13-11-22-23-17-21(33-3)9-10-24(23)28-26(22)27(31)12-14-30(19-27)15-16-34-20-7-5-4-6-8-20/h4-10,17,28H,11-16,18-19H2,1-3H3. The highest BCUT2D eigenvalue weighted by atomic mass is 16.5. The third kappa shape index (κ3) is 4.14. The molecule has 34 heavy (non-hydrogen) atoms. The van der Waals surface area contributed by atoms with Crippen LogP contribution in [0.25, 0.3) is 10.9 Å². The van der Waals surface area contributed by atoms with Gasteiger partial charge in [-0.05, 0) is 62.8 Å². The summed E-state index contributed by atoms with van der Waals surface area (Å²) in [6.45, 7) is 4.35. The fourth-order valence-corrected chi connectivity index (χ4v) is 5.60. The SMILES string of the molecule is COc1ccc2[nH]c3c(c2c1)CCN(C(=O)CN(C)C)C31CCN(CCOc2ccccc2)C1. The summed E-state index contributed by atoms with van der Waals surface area (Å²) in [5.41, 5.74) is 3.28. The summed E-state index contributed by atoms with van der Waals surface area (Å²) in [4.78, 5) is 23.7. The first-order chi connectivity index (χ1) is 16.5. The molecular weight excluding hydrogens is 428 g/mol. The van der Waals surface area contributed by atoms with Gasteiger partial charge in [-0.2, -0.15) is 0 Å². The molecule has 1 saturated heterocycles. The van der Waals surface area contributed by atoms with Crippen molar-refractivity contribution in [2.75, 3.05) is 60.5 Å². The normalized spacial score (nSPS) is 20.3. The predicted octanol–water partition coefficient (Wildman–Crippen LogP) is 3.10. The lowest BCUT2D eigenvalue weighted by Crippen LogP contribution is -2.56. The molecule has 1 unspecified atom stereocenters. The quantitative estimate of drug-likeness (QED) is 0.585. The van der Waals surface area contributed by atoms with Gasteiger partial charge in [0.2, 0.25) is 5.91 Å². The number of para-hydroxylation sites is 1. The van der Waals surface area contributed by atoms with Crippen molar-refractivity contribution in [3.8, 4) is 11.5 Å². The molecular formula is C27H34N4O3. The summed E-state index contributed by atoms with van der Waals surface area (Å²) in [5, 5.41) is 1.21. The second-order valence-corrected chi connectivity index (χ2v) is 9.64. The van der Waals surface area contributed by atoms with E-state index in [9.17, 15) is 4.79 Å². The monoisotopic (exact) mass is 462 g/mol. The number of ether oxygens (including phenoxy) is 2. The molecule has 1 amide bonds. The number of nitrogens with zero attached hydrogens (tertiary/aromatic N) is 3. The van der Waals surface area contributed by atoms with Crippen molar-refractivity contribution in [1.29, 1.82) is 0 Å². The summed E-state index contributed by atoms with van der Waals surface area (Å²) in [5.74, 6) is 1.94. The number of aromatic nitrogens is 1. The Balaban J connectivity index is 1.43. The first-order valence-electron chi connectivity index (χ1n) is 12.0. The number of carbonyl (C=O) groups excluding carboxylic acids is 1. The zero-order valence-electron chi connectivity index (χ0n) is 20.3. The maximum Gasteiger partial charge on any atom is 0.237 e. The molecule has 7 heteroatoms. The number of aromatic amines is 1. The highest BCUT2D eigenvalue weighted by molar-refractivity contribution is 5.88. The lowest BCUT2D eigenvalue weighted by molar-refractivity contribution is -0.139. The number of fused-ring (bicyclic) bond motifs is 4. The Morgan fingerprint density at radius 1 is 1.12 bits per heavy atom. The van der Waals surface area contributed by atoms with Gasteiger partial charge in [-0.15, -0.1) is 0 Å². The van der Waals surface area contributed by atoms with Gasteiger partial charge in [0, 0.05) is 42.8 Å². The third-order valence-corrected chi connectivity index (χ3v) is 7.18. The smallest absolute Gasteiger partial charge is 0.237 e. The highest BCUT2D eigenvalue weighted by Gasteiger charge is 2.50. The molecule has 0 aliphatic carbocycles. The first-order valence-corrected chi connectivity index (χ1v) is 12.0. The number of rotatable bonds is 7. The van der Waals surface area contributed by atoms with Crippen LogP contribution in [0.5, 0.6) is 11.5 Å². The number of hydrogen-bond donors (Lipinski definition) is 1. The van der Waals surface area contributed by atoms with E-state index >= 15 is 0 Å². The van der Waals surface area contributed by atoms with Gasteiger partial charge < -0.3 is 24.3 Å². The van der Waals surface area contributed by atoms with E-state index in [1.54, 1.807) is 7.11 Å². The summed E-state index contributed by atoms with van der Waals surface area (Å²) in [6.07, 6.45) is 1.76. The largest absolute Gasteiger partial charge is 0.497 e. The van der Waals surface area contributed by atoms with Crippen LogP contribution in [0.2, 0.25) is 0 Å².